The van der Waals surface area contributed by atoms with Gasteiger partial charge in [-0.15, -0.1) is 5.10 Å². The smallest absolute Gasteiger partial charge is 0.226 e. The van der Waals surface area contributed by atoms with E-state index in [0.717, 1.165) is 5.82 Å². The van der Waals surface area contributed by atoms with Gasteiger partial charge in [0.25, 0.3) is 0 Å². The summed E-state index contributed by atoms with van der Waals surface area (Å²) in [6.45, 7) is 1.83. The van der Waals surface area contributed by atoms with Gasteiger partial charge < -0.3 is 0 Å². The topological polar surface area (TPSA) is 45.7 Å². The number of halogens is 2. The Morgan fingerprint density at radius 2 is 2.25 bits per heavy atom. The van der Waals surface area contributed by atoms with Gasteiger partial charge in [0.1, 0.15) is 16.9 Å². The molecule has 4 nitrogen and oxygen atoms in total. The summed E-state index contributed by atoms with van der Waals surface area (Å²) in [4.78, 5) is 4.15. The Kier molecular flexibility index (Phi) is 1.85. The van der Waals surface area contributed by atoms with E-state index in [1.807, 2.05) is 6.92 Å². The van der Waals surface area contributed by atoms with Crippen molar-refractivity contribution >= 4 is 28.3 Å². The quantitative estimate of drug-likeness (QED) is 0.606. The van der Waals surface area contributed by atoms with Crippen LogP contribution in [-0.2, 0) is 0 Å². The fraction of sp³-hybridized carbons (Fsp3) is 0.100. The summed E-state index contributed by atoms with van der Waals surface area (Å²) in [5.41, 5.74) is 1.77. The lowest BCUT2D eigenvalue weighted by Crippen LogP contribution is -2.25. The maximum atomic E-state index is 13.2. The summed E-state index contributed by atoms with van der Waals surface area (Å²) in [5.74, 6) is 0.459. The minimum atomic E-state index is -0.314. The van der Waals surface area contributed by atoms with E-state index in [1.165, 1.54) is 12.1 Å². The number of nitrogens with zero attached hydrogens (tertiary/aromatic N) is 3. The molecule has 0 atom stereocenters. The Labute approximate surface area is 94.7 Å². The standard InChI is InChI=1S/C10H6ClFN4/c1-5-14-15-10-9(11)13-7-3-2-6(12)4-8(7)16(5)10/h2-4H,1H3/p+1. The van der Waals surface area contributed by atoms with Crippen molar-refractivity contribution in [2.24, 2.45) is 0 Å². The average Bonchev–Trinajstić information content (AvgIpc) is 2.63. The van der Waals surface area contributed by atoms with E-state index in [2.05, 4.69) is 15.2 Å². The molecular formula is C10H7ClFN4+. The highest BCUT2D eigenvalue weighted by molar-refractivity contribution is 6.32. The number of H-pyrrole nitrogens is 1. The molecule has 0 aliphatic rings. The molecule has 2 heterocycles. The Hall–Kier alpha value is -1.75. The van der Waals surface area contributed by atoms with Crippen molar-refractivity contribution in [1.29, 1.82) is 0 Å². The van der Waals surface area contributed by atoms with Gasteiger partial charge in [-0.3, -0.25) is 0 Å². The first-order chi connectivity index (χ1) is 7.66. The van der Waals surface area contributed by atoms with Crippen LogP contribution in [-0.4, -0.2) is 15.2 Å². The molecule has 2 aromatic heterocycles. The molecule has 80 valence electrons. The van der Waals surface area contributed by atoms with Crippen LogP contribution >= 0.6 is 11.6 Å². The van der Waals surface area contributed by atoms with Gasteiger partial charge in [0.05, 0.1) is 0 Å². The summed E-state index contributed by atoms with van der Waals surface area (Å²) in [5, 5.41) is 7.11. The first-order valence-electron chi connectivity index (χ1n) is 4.68. The van der Waals surface area contributed by atoms with Crippen LogP contribution < -0.4 is 4.40 Å². The number of fused-ring (bicyclic) bond motifs is 3. The van der Waals surface area contributed by atoms with Crippen molar-refractivity contribution < 1.29 is 8.79 Å². The first-order valence-corrected chi connectivity index (χ1v) is 5.06. The number of aromatic nitrogens is 4. The first kappa shape index (κ1) is 9.47. The van der Waals surface area contributed by atoms with Gasteiger partial charge in [0.15, 0.2) is 0 Å². The van der Waals surface area contributed by atoms with Crippen LogP contribution in [0.15, 0.2) is 18.2 Å². The summed E-state index contributed by atoms with van der Waals surface area (Å²) >= 11 is 5.98. The fourth-order valence-electron chi connectivity index (χ4n) is 1.75. The molecular weight excluding hydrogens is 231 g/mol. The van der Waals surface area contributed by atoms with Gasteiger partial charge in [-0.1, -0.05) is 11.6 Å². The van der Waals surface area contributed by atoms with E-state index < -0.39 is 0 Å². The lowest BCUT2D eigenvalue weighted by molar-refractivity contribution is -0.490. The average molecular weight is 238 g/mol. The molecule has 3 rings (SSSR count). The normalized spacial score (nSPS) is 11.4. The molecule has 0 aliphatic carbocycles. The van der Waals surface area contributed by atoms with Crippen LogP contribution in [0.25, 0.3) is 16.7 Å². The Morgan fingerprint density at radius 1 is 1.44 bits per heavy atom. The Morgan fingerprint density at radius 3 is 3.06 bits per heavy atom. The number of nitrogens with one attached hydrogen (secondary N) is 1. The predicted molar refractivity (Wildman–Crippen MR) is 56.8 cm³/mol. The fourth-order valence-corrected chi connectivity index (χ4v) is 1.97. The molecule has 0 spiro atoms. The molecule has 0 saturated heterocycles. The summed E-state index contributed by atoms with van der Waals surface area (Å²) in [6, 6.07) is 4.36. The van der Waals surface area contributed by atoms with E-state index in [0.29, 0.717) is 21.8 Å². The zero-order valence-electron chi connectivity index (χ0n) is 8.33. The van der Waals surface area contributed by atoms with E-state index in [4.69, 9.17) is 11.6 Å². The zero-order chi connectivity index (χ0) is 11.3. The third-order valence-electron chi connectivity index (χ3n) is 2.45. The lowest BCUT2D eigenvalue weighted by Gasteiger charge is -1.98. The van der Waals surface area contributed by atoms with Gasteiger partial charge >= 0.3 is 5.65 Å². The van der Waals surface area contributed by atoms with Crippen LogP contribution in [0.2, 0.25) is 5.15 Å². The van der Waals surface area contributed by atoms with Crippen LogP contribution in [0.1, 0.15) is 5.82 Å². The maximum Gasteiger partial charge on any atom is 0.344 e. The predicted octanol–water partition coefficient (Wildman–Crippen LogP) is 1.80. The molecule has 0 amide bonds. The van der Waals surface area contributed by atoms with Gasteiger partial charge in [-0.25, -0.2) is 9.37 Å². The van der Waals surface area contributed by atoms with Crippen molar-refractivity contribution in [3.05, 3.63) is 35.0 Å². The molecule has 1 aromatic carbocycles. The van der Waals surface area contributed by atoms with Gasteiger partial charge in [0.2, 0.25) is 11.0 Å². The molecule has 0 radical (unpaired) electrons. The highest BCUT2D eigenvalue weighted by Crippen LogP contribution is 2.16. The Bertz CT molecular complexity index is 707. The molecule has 16 heavy (non-hydrogen) atoms. The minimum absolute atomic E-state index is 0.295. The highest BCUT2D eigenvalue weighted by atomic mass is 35.5. The summed E-state index contributed by atoms with van der Waals surface area (Å²) in [6.07, 6.45) is 0. The third kappa shape index (κ3) is 1.18. The second-order valence-electron chi connectivity index (χ2n) is 3.50. The largest absolute Gasteiger partial charge is 0.344 e. The van der Waals surface area contributed by atoms with E-state index in [-0.39, 0.29) is 5.82 Å². The second kappa shape index (κ2) is 3.12. The third-order valence-corrected chi connectivity index (χ3v) is 2.71. The Balaban J connectivity index is 2.64. The molecule has 0 unspecified atom stereocenters. The summed E-state index contributed by atoms with van der Waals surface area (Å²) in [7, 11) is 0. The number of aromatic amines is 1. The van der Waals surface area contributed by atoms with Gasteiger partial charge in [0, 0.05) is 18.1 Å². The monoisotopic (exact) mass is 237 g/mol. The number of hydrogen-bond acceptors (Lipinski definition) is 2. The number of rotatable bonds is 0. The lowest BCUT2D eigenvalue weighted by atomic mass is 10.3. The number of aryl methyl sites for hydroxylation is 1. The van der Waals surface area contributed by atoms with Crippen molar-refractivity contribution in [3.63, 3.8) is 0 Å². The molecule has 0 aliphatic heterocycles. The SMILES string of the molecule is Cc1[nH]nc2c(Cl)nc3ccc(F)cc3[n+]12. The van der Waals surface area contributed by atoms with Crippen molar-refractivity contribution in [2.45, 2.75) is 6.92 Å². The number of benzene rings is 1. The van der Waals surface area contributed by atoms with Crippen LogP contribution in [0.5, 0.6) is 0 Å². The molecule has 0 fully saturated rings. The maximum absolute atomic E-state index is 13.2. The van der Waals surface area contributed by atoms with Gasteiger partial charge in [-0.05, 0) is 12.1 Å². The number of hydrogen-bond donors (Lipinski definition) is 1. The van der Waals surface area contributed by atoms with E-state index in [1.54, 1.807) is 10.5 Å². The van der Waals surface area contributed by atoms with E-state index >= 15 is 0 Å². The highest BCUT2D eigenvalue weighted by Gasteiger charge is 2.18. The van der Waals surface area contributed by atoms with Crippen molar-refractivity contribution in [1.82, 2.24) is 15.2 Å². The molecule has 3 aromatic rings. The van der Waals surface area contributed by atoms with Crippen LogP contribution in [0.3, 0.4) is 0 Å². The molecule has 1 N–H and O–H groups in total. The van der Waals surface area contributed by atoms with Crippen molar-refractivity contribution in [3.8, 4) is 0 Å². The summed E-state index contributed by atoms with van der Waals surface area (Å²) < 4.78 is 14.9. The van der Waals surface area contributed by atoms with E-state index in [9.17, 15) is 4.39 Å². The van der Waals surface area contributed by atoms with Gasteiger partial charge in [-0.2, -0.15) is 4.40 Å². The van der Waals surface area contributed by atoms with Crippen LogP contribution in [0.4, 0.5) is 4.39 Å². The van der Waals surface area contributed by atoms with Crippen molar-refractivity contribution in [2.75, 3.05) is 0 Å². The second-order valence-corrected chi connectivity index (χ2v) is 3.86. The molecule has 0 bridgehead atoms. The minimum Gasteiger partial charge on any atom is -0.226 e. The molecule has 6 heteroatoms. The van der Waals surface area contributed by atoms with Crippen LogP contribution in [0, 0.1) is 12.7 Å². The zero-order valence-corrected chi connectivity index (χ0v) is 9.09. The molecule has 0 saturated carbocycles.